The number of likely N-dealkylation sites (tertiary alicyclic amines) is 1. The lowest BCUT2D eigenvalue weighted by Crippen LogP contribution is -2.47. The Hall–Kier alpha value is -2.97. The van der Waals surface area contributed by atoms with Gasteiger partial charge < -0.3 is 34.3 Å². The van der Waals surface area contributed by atoms with Crippen LogP contribution in [-0.2, 0) is 4.79 Å². The smallest absolute Gasteiger partial charge is 0.223 e. The van der Waals surface area contributed by atoms with Gasteiger partial charge in [0.25, 0.3) is 0 Å². The minimum Gasteiger partial charge on any atom is -0.497 e. The van der Waals surface area contributed by atoms with Crippen LogP contribution in [0.4, 0.5) is 0 Å². The third kappa shape index (κ3) is 5.39. The fourth-order valence-electron chi connectivity index (χ4n) is 4.84. The summed E-state index contributed by atoms with van der Waals surface area (Å²) in [6.45, 7) is 3.92. The number of fused-ring (bicyclic) bond motifs is 2. The predicted octanol–water partition coefficient (Wildman–Crippen LogP) is 2.41. The van der Waals surface area contributed by atoms with Crippen LogP contribution in [0.25, 0.3) is 0 Å². The molecule has 0 spiro atoms. The second kappa shape index (κ2) is 10.1. The van der Waals surface area contributed by atoms with Crippen LogP contribution in [0.2, 0.25) is 0 Å². The first-order valence-corrected chi connectivity index (χ1v) is 11.9. The third-order valence-corrected chi connectivity index (χ3v) is 6.80. The highest BCUT2D eigenvalue weighted by Gasteiger charge is 2.45. The van der Waals surface area contributed by atoms with E-state index in [-0.39, 0.29) is 18.9 Å². The van der Waals surface area contributed by atoms with Crippen molar-refractivity contribution >= 4 is 5.91 Å². The standard InChI is InChI=1S/C26H32N2O6/c1-31-20-3-5-21(6-4-20)32-9-8-25(29)27-22(16-28-14-18-12-19(18)15-28)26(30)17-2-7-23-24(13-17)34-11-10-33-23/h2-7,13,18-19,22,26,30H,8-12,14-16H2,1H3,(H,27,29)/t18?,19?,22?,26-/m1/s1. The molecule has 2 aromatic rings. The van der Waals surface area contributed by atoms with Crippen molar-refractivity contribution in [2.45, 2.75) is 25.0 Å². The van der Waals surface area contributed by atoms with E-state index in [0.717, 1.165) is 30.7 Å². The molecule has 0 radical (unpaired) electrons. The Bertz CT molecular complexity index is 987. The lowest BCUT2D eigenvalue weighted by Gasteiger charge is -2.30. The first-order chi connectivity index (χ1) is 16.6. The van der Waals surface area contributed by atoms with Crippen molar-refractivity contribution in [3.05, 3.63) is 48.0 Å². The average molecular weight is 469 g/mol. The number of carbonyl (C=O) groups is 1. The summed E-state index contributed by atoms with van der Waals surface area (Å²) in [7, 11) is 1.61. The molecule has 2 aliphatic heterocycles. The summed E-state index contributed by atoms with van der Waals surface area (Å²) >= 11 is 0. The van der Waals surface area contributed by atoms with E-state index in [4.69, 9.17) is 18.9 Å². The molecule has 8 nitrogen and oxygen atoms in total. The summed E-state index contributed by atoms with van der Waals surface area (Å²) in [5.41, 5.74) is 0.702. The molecule has 2 aromatic carbocycles. The molecule has 3 unspecified atom stereocenters. The molecule has 4 atom stereocenters. The van der Waals surface area contributed by atoms with Crippen LogP contribution in [0.5, 0.6) is 23.0 Å². The molecule has 1 saturated heterocycles. The number of benzene rings is 2. The Morgan fingerprint density at radius 3 is 2.53 bits per heavy atom. The van der Waals surface area contributed by atoms with Gasteiger partial charge in [0.1, 0.15) is 30.8 Å². The number of carbonyl (C=O) groups excluding carboxylic acids is 1. The van der Waals surface area contributed by atoms with Gasteiger partial charge in [-0.05, 0) is 60.2 Å². The SMILES string of the molecule is COc1ccc(OCCC(=O)NC(CN2CC3CC3C2)[C@H](O)c2ccc3c(c2)OCCO3)cc1. The average Bonchev–Trinajstić information content (AvgIpc) is 3.48. The summed E-state index contributed by atoms with van der Waals surface area (Å²) in [5, 5.41) is 14.3. The molecule has 1 saturated carbocycles. The maximum atomic E-state index is 12.8. The summed E-state index contributed by atoms with van der Waals surface area (Å²) in [5.74, 6) is 4.14. The zero-order valence-corrected chi connectivity index (χ0v) is 19.4. The molecular weight excluding hydrogens is 436 g/mol. The summed E-state index contributed by atoms with van der Waals surface area (Å²) in [4.78, 5) is 15.1. The molecule has 3 aliphatic rings. The molecule has 2 heterocycles. The fraction of sp³-hybridized carbons (Fsp3) is 0.500. The number of ether oxygens (including phenoxy) is 4. The number of nitrogens with zero attached hydrogens (tertiary/aromatic N) is 1. The Morgan fingerprint density at radius 2 is 1.79 bits per heavy atom. The Morgan fingerprint density at radius 1 is 1.09 bits per heavy atom. The van der Waals surface area contributed by atoms with Gasteiger partial charge in [-0.2, -0.15) is 0 Å². The van der Waals surface area contributed by atoms with Crippen molar-refractivity contribution in [1.29, 1.82) is 0 Å². The lowest BCUT2D eigenvalue weighted by molar-refractivity contribution is -0.123. The Balaban J connectivity index is 1.20. The predicted molar refractivity (Wildman–Crippen MR) is 125 cm³/mol. The number of aliphatic hydroxyl groups excluding tert-OH is 1. The lowest BCUT2D eigenvalue weighted by atomic mass is 10.0. The number of rotatable bonds is 10. The largest absolute Gasteiger partial charge is 0.497 e. The molecular formula is C26H32N2O6. The number of methoxy groups -OCH3 is 1. The Kier molecular flexibility index (Phi) is 6.78. The van der Waals surface area contributed by atoms with Crippen LogP contribution in [-0.4, -0.2) is 68.5 Å². The summed E-state index contributed by atoms with van der Waals surface area (Å²) in [6.07, 6.45) is 0.641. The van der Waals surface area contributed by atoms with Crippen LogP contribution < -0.4 is 24.3 Å². The monoisotopic (exact) mass is 468 g/mol. The van der Waals surface area contributed by atoms with E-state index in [2.05, 4.69) is 10.2 Å². The van der Waals surface area contributed by atoms with Crippen LogP contribution in [0.15, 0.2) is 42.5 Å². The molecule has 8 heteroatoms. The van der Waals surface area contributed by atoms with Gasteiger partial charge in [-0.15, -0.1) is 0 Å². The van der Waals surface area contributed by atoms with Crippen molar-refractivity contribution in [2.75, 3.05) is 46.6 Å². The topological polar surface area (TPSA) is 89.5 Å². The number of hydrogen-bond acceptors (Lipinski definition) is 7. The van der Waals surface area contributed by atoms with E-state index < -0.39 is 12.1 Å². The maximum Gasteiger partial charge on any atom is 0.223 e. The maximum absolute atomic E-state index is 12.8. The molecule has 34 heavy (non-hydrogen) atoms. The van der Waals surface area contributed by atoms with Crippen molar-refractivity contribution in [2.24, 2.45) is 11.8 Å². The number of amides is 1. The number of piperidine rings is 1. The minimum atomic E-state index is -0.862. The highest BCUT2D eigenvalue weighted by atomic mass is 16.6. The summed E-state index contributed by atoms with van der Waals surface area (Å²) in [6, 6.07) is 12.3. The Labute approximate surface area is 199 Å². The van der Waals surface area contributed by atoms with Crippen LogP contribution in [0.1, 0.15) is 24.5 Å². The van der Waals surface area contributed by atoms with Gasteiger partial charge in [0.15, 0.2) is 11.5 Å². The number of aliphatic hydroxyl groups is 1. The molecule has 182 valence electrons. The van der Waals surface area contributed by atoms with Crippen molar-refractivity contribution in [1.82, 2.24) is 10.2 Å². The van der Waals surface area contributed by atoms with E-state index in [1.807, 2.05) is 42.5 Å². The molecule has 0 bridgehead atoms. The second-order valence-electron chi connectivity index (χ2n) is 9.27. The zero-order valence-electron chi connectivity index (χ0n) is 19.4. The van der Waals surface area contributed by atoms with E-state index in [9.17, 15) is 9.90 Å². The van der Waals surface area contributed by atoms with Gasteiger partial charge in [0.2, 0.25) is 5.91 Å². The first kappa shape index (κ1) is 22.8. The second-order valence-corrected chi connectivity index (χ2v) is 9.27. The van der Waals surface area contributed by atoms with Crippen molar-refractivity contribution in [3.8, 4) is 23.0 Å². The molecule has 1 amide bonds. The molecule has 5 rings (SSSR count). The van der Waals surface area contributed by atoms with Gasteiger partial charge in [-0.3, -0.25) is 4.79 Å². The normalized spacial score (nSPS) is 22.4. The van der Waals surface area contributed by atoms with Gasteiger partial charge in [-0.1, -0.05) is 6.07 Å². The van der Waals surface area contributed by atoms with Crippen LogP contribution in [0, 0.1) is 11.8 Å². The minimum absolute atomic E-state index is 0.153. The van der Waals surface area contributed by atoms with Gasteiger partial charge in [0, 0.05) is 19.6 Å². The molecule has 2 N–H and O–H groups in total. The molecule has 1 aliphatic carbocycles. The molecule has 0 aromatic heterocycles. The van der Waals surface area contributed by atoms with Crippen LogP contribution >= 0.6 is 0 Å². The van der Waals surface area contributed by atoms with E-state index in [0.29, 0.717) is 42.6 Å². The first-order valence-electron chi connectivity index (χ1n) is 11.9. The zero-order chi connectivity index (χ0) is 23.5. The van der Waals surface area contributed by atoms with Gasteiger partial charge in [0.05, 0.1) is 26.2 Å². The van der Waals surface area contributed by atoms with Crippen molar-refractivity contribution in [3.63, 3.8) is 0 Å². The molecule has 2 fully saturated rings. The van der Waals surface area contributed by atoms with Gasteiger partial charge in [-0.25, -0.2) is 0 Å². The van der Waals surface area contributed by atoms with E-state index in [1.54, 1.807) is 7.11 Å². The third-order valence-electron chi connectivity index (χ3n) is 6.80. The van der Waals surface area contributed by atoms with Gasteiger partial charge >= 0.3 is 0 Å². The summed E-state index contributed by atoms with van der Waals surface area (Å²) < 4.78 is 22.1. The fourth-order valence-corrected chi connectivity index (χ4v) is 4.84. The highest BCUT2D eigenvalue weighted by Crippen LogP contribution is 2.45. The number of hydrogen-bond donors (Lipinski definition) is 2. The van der Waals surface area contributed by atoms with E-state index >= 15 is 0 Å². The van der Waals surface area contributed by atoms with Crippen molar-refractivity contribution < 1.29 is 28.8 Å². The highest BCUT2D eigenvalue weighted by molar-refractivity contribution is 5.76. The van der Waals surface area contributed by atoms with E-state index in [1.165, 1.54) is 6.42 Å². The van der Waals surface area contributed by atoms with Crippen LogP contribution in [0.3, 0.4) is 0 Å². The quantitative estimate of drug-likeness (QED) is 0.554. The number of nitrogens with one attached hydrogen (secondary N) is 1.